The normalized spacial score (nSPS) is 26.1. The number of hydrogen-bond acceptors (Lipinski definition) is 3. The van der Waals surface area contributed by atoms with Gasteiger partial charge in [0.15, 0.2) is 0 Å². The highest BCUT2D eigenvalue weighted by Gasteiger charge is 2.30. The van der Waals surface area contributed by atoms with Gasteiger partial charge in [0.2, 0.25) is 0 Å². The van der Waals surface area contributed by atoms with Crippen LogP contribution in [0.3, 0.4) is 0 Å². The summed E-state index contributed by atoms with van der Waals surface area (Å²) in [6, 6.07) is 4.48. The molecule has 2 heterocycles. The molecule has 1 aromatic heterocycles. The fourth-order valence-corrected chi connectivity index (χ4v) is 2.80. The lowest BCUT2D eigenvalue weighted by Crippen LogP contribution is -2.48. The van der Waals surface area contributed by atoms with Gasteiger partial charge in [-0.2, -0.15) is 0 Å². The third-order valence-corrected chi connectivity index (χ3v) is 4.22. The number of furan rings is 1. The summed E-state index contributed by atoms with van der Waals surface area (Å²) in [5, 5.41) is 7.22. The summed E-state index contributed by atoms with van der Waals surface area (Å²) < 4.78 is 5.40. The lowest BCUT2D eigenvalue weighted by atomic mass is 9.78. The van der Waals surface area contributed by atoms with E-state index in [-0.39, 0.29) is 0 Å². The lowest BCUT2D eigenvalue weighted by Gasteiger charge is -2.38. The Hall–Kier alpha value is -0.800. The van der Waals surface area contributed by atoms with Crippen LogP contribution in [0.4, 0.5) is 0 Å². The van der Waals surface area contributed by atoms with Crippen molar-refractivity contribution in [3.63, 3.8) is 0 Å². The van der Waals surface area contributed by atoms with Gasteiger partial charge in [-0.1, -0.05) is 6.92 Å². The van der Waals surface area contributed by atoms with E-state index in [1.54, 1.807) is 6.26 Å². The first-order valence-electron chi connectivity index (χ1n) is 7.20. The Morgan fingerprint density at radius 1 is 1.56 bits per heavy atom. The summed E-state index contributed by atoms with van der Waals surface area (Å²) in [7, 11) is 0. The smallest absolute Gasteiger partial charge is 0.105 e. The molecule has 2 unspecified atom stereocenters. The highest BCUT2D eigenvalue weighted by Crippen LogP contribution is 2.29. The van der Waals surface area contributed by atoms with Crippen LogP contribution in [0.25, 0.3) is 0 Å². The molecule has 102 valence electrons. The van der Waals surface area contributed by atoms with E-state index >= 15 is 0 Å². The van der Waals surface area contributed by atoms with Crippen molar-refractivity contribution < 1.29 is 4.42 Å². The lowest BCUT2D eigenvalue weighted by molar-refractivity contribution is 0.186. The topological polar surface area (TPSA) is 37.2 Å². The molecule has 1 aliphatic rings. The molecule has 1 fully saturated rings. The highest BCUT2D eigenvalue weighted by molar-refractivity contribution is 5.00. The van der Waals surface area contributed by atoms with E-state index in [9.17, 15) is 0 Å². The summed E-state index contributed by atoms with van der Waals surface area (Å²) in [5.41, 5.74) is 0.454. The molecule has 3 heteroatoms. The molecule has 1 saturated heterocycles. The summed E-state index contributed by atoms with van der Waals surface area (Å²) in [6.07, 6.45) is 6.63. The number of rotatable bonds is 6. The van der Waals surface area contributed by atoms with Crippen molar-refractivity contribution in [3.05, 3.63) is 24.2 Å². The Morgan fingerprint density at radius 3 is 3.06 bits per heavy atom. The molecule has 0 aromatic carbocycles. The predicted octanol–water partition coefficient (Wildman–Crippen LogP) is 2.58. The van der Waals surface area contributed by atoms with E-state index in [1.807, 2.05) is 6.07 Å². The molecule has 0 spiro atoms. The van der Waals surface area contributed by atoms with Gasteiger partial charge < -0.3 is 15.1 Å². The highest BCUT2D eigenvalue weighted by atomic mass is 16.3. The zero-order chi connectivity index (χ0) is 12.8. The molecule has 1 aromatic rings. The van der Waals surface area contributed by atoms with Crippen LogP contribution >= 0.6 is 0 Å². The Morgan fingerprint density at radius 2 is 2.44 bits per heavy atom. The standard InChI is InChI=1S/C15H26N2O/c1-3-15(7-5-8-16-11-15)12-17-13(2)10-14-6-4-9-18-14/h4,6,9,13,16-17H,3,5,7-8,10-12H2,1-2H3. The van der Waals surface area contributed by atoms with Crippen molar-refractivity contribution in [2.24, 2.45) is 5.41 Å². The van der Waals surface area contributed by atoms with Crippen LogP contribution in [0.5, 0.6) is 0 Å². The first-order chi connectivity index (χ1) is 8.74. The molecule has 0 saturated carbocycles. The average Bonchev–Trinajstić information content (AvgIpc) is 2.90. The minimum atomic E-state index is 0.454. The molecule has 0 amide bonds. The van der Waals surface area contributed by atoms with Gasteiger partial charge in [-0.25, -0.2) is 0 Å². The molecule has 2 atom stereocenters. The van der Waals surface area contributed by atoms with Gasteiger partial charge in [0.1, 0.15) is 5.76 Å². The Labute approximate surface area is 110 Å². The van der Waals surface area contributed by atoms with Crippen molar-refractivity contribution in [2.75, 3.05) is 19.6 Å². The third-order valence-electron chi connectivity index (χ3n) is 4.22. The second kappa shape index (κ2) is 6.39. The van der Waals surface area contributed by atoms with Crippen LogP contribution in [-0.4, -0.2) is 25.7 Å². The fraction of sp³-hybridized carbons (Fsp3) is 0.733. The van der Waals surface area contributed by atoms with Crippen LogP contribution in [0, 0.1) is 5.41 Å². The maximum absolute atomic E-state index is 5.40. The number of nitrogens with one attached hydrogen (secondary N) is 2. The molecular weight excluding hydrogens is 224 g/mol. The SMILES string of the molecule is CCC1(CNC(C)Cc2ccco2)CCCNC1. The van der Waals surface area contributed by atoms with E-state index in [2.05, 4.69) is 30.5 Å². The molecule has 18 heavy (non-hydrogen) atoms. The van der Waals surface area contributed by atoms with Crippen LogP contribution in [0.2, 0.25) is 0 Å². The molecule has 2 N–H and O–H groups in total. The van der Waals surface area contributed by atoms with Gasteiger partial charge in [-0.15, -0.1) is 0 Å². The molecule has 0 aliphatic carbocycles. The summed E-state index contributed by atoms with van der Waals surface area (Å²) in [6.45, 7) is 8.00. The summed E-state index contributed by atoms with van der Waals surface area (Å²) in [4.78, 5) is 0. The molecule has 1 aliphatic heterocycles. The third kappa shape index (κ3) is 3.59. The van der Waals surface area contributed by atoms with Gasteiger partial charge in [-0.05, 0) is 50.3 Å². The maximum atomic E-state index is 5.40. The van der Waals surface area contributed by atoms with E-state index in [4.69, 9.17) is 4.42 Å². The van der Waals surface area contributed by atoms with E-state index in [0.717, 1.165) is 25.3 Å². The van der Waals surface area contributed by atoms with Crippen LogP contribution in [-0.2, 0) is 6.42 Å². The number of hydrogen-bond donors (Lipinski definition) is 2. The molecule has 2 rings (SSSR count). The van der Waals surface area contributed by atoms with Crippen molar-refractivity contribution in [3.8, 4) is 0 Å². The average molecular weight is 250 g/mol. The fourth-order valence-electron chi connectivity index (χ4n) is 2.80. The Kier molecular flexibility index (Phi) is 4.84. The first-order valence-corrected chi connectivity index (χ1v) is 7.20. The second-order valence-corrected chi connectivity index (χ2v) is 5.70. The molecular formula is C15H26N2O. The molecule has 0 radical (unpaired) electrons. The van der Waals surface area contributed by atoms with Crippen molar-refractivity contribution in [1.29, 1.82) is 0 Å². The summed E-state index contributed by atoms with van der Waals surface area (Å²) >= 11 is 0. The van der Waals surface area contributed by atoms with Crippen molar-refractivity contribution in [2.45, 2.75) is 45.6 Å². The van der Waals surface area contributed by atoms with E-state index < -0.39 is 0 Å². The van der Waals surface area contributed by atoms with Crippen LogP contribution in [0.15, 0.2) is 22.8 Å². The van der Waals surface area contributed by atoms with Crippen molar-refractivity contribution >= 4 is 0 Å². The molecule has 3 nitrogen and oxygen atoms in total. The van der Waals surface area contributed by atoms with Crippen molar-refractivity contribution in [1.82, 2.24) is 10.6 Å². The minimum absolute atomic E-state index is 0.454. The van der Waals surface area contributed by atoms with Gasteiger partial charge >= 0.3 is 0 Å². The minimum Gasteiger partial charge on any atom is -0.469 e. The molecule has 0 bridgehead atoms. The first kappa shape index (κ1) is 13.6. The Bertz CT molecular complexity index is 328. The Balaban J connectivity index is 1.78. The van der Waals surface area contributed by atoms with Gasteiger partial charge in [0.05, 0.1) is 6.26 Å². The van der Waals surface area contributed by atoms with Crippen LogP contribution in [0.1, 0.15) is 38.9 Å². The van der Waals surface area contributed by atoms with E-state index in [0.29, 0.717) is 11.5 Å². The van der Waals surface area contributed by atoms with Gasteiger partial charge in [0, 0.05) is 25.6 Å². The number of piperidine rings is 1. The zero-order valence-electron chi connectivity index (χ0n) is 11.7. The monoisotopic (exact) mass is 250 g/mol. The van der Waals surface area contributed by atoms with Gasteiger partial charge in [-0.3, -0.25) is 0 Å². The van der Waals surface area contributed by atoms with Crippen LogP contribution < -0.4 is 10.6 Å². The largest absolute Gasteiger partial charge is 0.469 e. The summed E-state index contributed by atoms with van der Waals surface area (Å²) in [5.74, 6) is 1.07. The van der Waals surface area contributed by atoms with Gasteiger partial charge in [0.25, 0.3) is 0 Å². The zero-order valence-corrected chi connectivity index (χ0v) is 11.7. The quantitative estimate of drug-likeness (QED) is 0.815. The second-order valence-electron chi connectivity index (χ2n) is 5.70. The predicted molar refractivity (Wildman–Crippen MR) is 74.7 cm³/mol. The van der Waals surface area contributed by atoms with E-state index in [1.165, 1.54) is 25.8 Å². The maximum Gasteiger partial charge on any atom is 0.105 e.